The van der Waals surface area contributed by atoms with Gasteiger partial charge in [0.1, 0.15) is 78.5 Å². The first-order valence-electron chi connectivity index (χ1n) is 39.6. The Balaban J connectivity index is 1.70. The normalized spacial score (nSPS) is 15.2. The molecule has 0 saturated carbocycles. The molecular formula is C80H118N20O20S. The summed E-state index contributed by atoms with van der Waals surface area (Å²) in [7, 11) is 0. The standard InChI is InChI=1S/C80H118N20O20S/c1-10-42(6)65(79(119)98-54(33-46-23-15-12-16-24-46)73(113)93-56(35-60(82)102)70(110)88-43(7)67(86)107)99-69(109)51(28-30-121-9)90-74(114)55(34-47-39-87-49-26-18-17-25-48(47)49)92-68(108)50(27-19-20-29-81)89-72(112)53(32-45-21-13-11-14-22-45)91-71(111)52(31-40(2)3)97-80(120)66(44(8)101)100-77(117)58(37-62(84)104)94-76(116)59(38-63(105)106)95-75(115)57(36-61(83)103)96-78(118)64(85)41(4)5/h11-18,21-26,39-44,50-59,64-66,87,101H,10,19-20,27-38,81,85H2,1-9H3,(H2,82,102)(H2,83,103)(H2,84,104)(H2,86,107)(H,88,110)(H,89,112)(H,90,114)(H,91,111)(H,92,108)(H,93,113)(H,94,116)(H,95,115)(H,96,118)(H,97,120)(H,98,119)(H,99,109)(H,100,117)(H,105,106)/t42-,43-,44+,50-,51-,52-,53-,54-,55-,56-,57-,58-,59-,64-,65-,66-/m0/s1. The summed E-state index contributed by atoms with van der Waals surface area (Å²) in [4.78, 5) is 250. The van der Waals surface area contributed by atoms with Crippen LogP contribution in [0.25, 0.3) is 10.9 Å². The molecule has 41 heteroatoms. The van der Waals surface area contributed by atoms with Crippen LogP contribution in [-0.4, -0.2) is 231 Å². The second-order valence-corrected chi connectivity index (χ2v) is 31.3. The van der Waals surface area contributed by atoms with Crippen molar-refractivity contribution >= 4 is 129 Å². The van der Waals surface area contributed by atoms with E-state index in [1.54, 1.807) is 139 Å². The number of aromatic nitrogens is 1. The summed E-state index contributed by atoms with van der Waals surface area (Å²) in [6, 6.07) is 1.22. The molecule has 16 atom stereocenters. The lowest BCUT2D eigenvalue weighted by Crippen LogP contribution is -2.62. The van der Waals surface area contributed by atoms with Crippen molar-refractivity contribution in [2.24, 2.45) is 52.2 Å². The number of hydrogen-bond donors (Lipinski definition) is 22. The summed E-state index contributed by atoms with van der Waals surface area (Å²) in [6.07, 6.45) is -2.41. The summed E-state index contributed by atoms with van der Waals surface area (Å²) < 4.78 is 0. The van der Waals surface area contributed by atoms with Crippen molar-refractivity contribution in [1.82, 2.24) is 74.1 Å². The highest BCUT2D eigenvalue weighted by atomic mass is 32.2. The van der Waals surface area contributed by atoms with E-state index in [1.807, 2.05) is 0 Å². The Bertz CT molecular complexity index is 4250. The number of thioether (sulfide) groups is 1. The molecule has 0 unspecified atom stereocenters. The predicted octanol–water partition coefficient (Wildman–Crippen LogP) is -4.56. The zero-order valence-corrected chi connectivity index (χ0v) is 70.1. The Hall–Kier alpha value is -12.1. The molecular weight excluding hydrogens is 1590 g/mol. The molecule has 0 radical (unpaired) electrons. The molecule has 664 valence electrons. The number of carbonyl (C=O) groups excluding carboxylic acids is 17. The van der Waals surface area contributed by atoms with Gasteiger partial charge in [-0.15, -0.1) is 0 Å². The molecule has 4 aromatic rings. The van der Waals surface area contributed by atoms with Gasteiger partial charge in [-0.3, -0.25) is 86.3 Å². The molecule has 17 amide bonds. The number of hydrogen-bond acceptors (Lipinski definition) is 22. The molecule has 4 rings (SSSR count). The summed E-state index contributed by atoms with van der Waals surface area (Å²) >= 11 is 1.32. The second kappa shape index (κ2) is 50.7. The molecule has 0 saturated heterocycles. The summed E-state index contributed by atoms with van der Waals surface area (Å²) in [5, 5.41) is 53.9. The van der Waals surface area contributed by atoms with Gasteiger partial charge in [-0.2, -0.15) is 11.8 Å². The number of benzene rings is 3. The van der Waals surface area contributed by atoms with Gasteiger partial charge in [-0.05, 0) is 105 Å². The highest BCUT2D eigenvalue weighted by Gasteiger charge is 2.41. The molecule has 1 aromatic heterocycles. The highest BCUT2D eigenvalue weighted by Crippen LogP contribution is 2.21. The monoisotopic (exact) mass is 1710 g/mol. The first-order chi connectivity index (χ1) is 57.1. The van der Waals surface area contributed by atoms with Crippen molar-refractivity contribution in [2.45, 2.75) is 230 Å². The van der Waals surface area contributed by atoms with E-state index in [2.05, 4.69) is 74.1 Å². The number of aromatic amines is 1. The van der Waals surface area contributed by atoms with Gasteiger partial charge in [-0.25, -0.2) is 0 Å². The van der Waals surface area contributed by atoms with Crippen molar-refractivity contribution in [3.8, 4) is 0 Å². The third-order valence-corrected chi connectivity index (χ3v) is 20.2. The molecule has 40 nitrogen and oxygen atoms in total. The quantitative estimate of drug-likeness (QED) is 0.0185. The van der Waals surface area contributed by atoms with Gasteiger partial charge in [0.25, 0.3) is 0 Å². The lowest BCUT2D eigenvalue weighted by molar-refractivity contribution is -0.142. The van der Waals surface area contributed by atoms with E-state index in [1.165, 1.54) is 18.7 Å². The lowest BCUT2D eigenvalue weighted by Gasteiger charge is -2.30. The fourth-order valence-corrected chi connectivity index (χ4v) is 12.9. The van der Waals surface area contributed by atoms with Crippen molar-refractivity contribution < 1.29 is 96.5 Å². The van der Waals surface area contributed by atoms with E-state index < -0.39 is 241 Å². The SMILES string of the molecule is CC[C@H](C)[C@H](NC(=O)[C@H](CCSC)NC(=O)[C@H](Cc1c[nH]c2ccccc12)NC(=O)[C@H](CCCCN)NC(=O)[C@H](Cc1ccccc1)NC(=O)[C@H](CC(C)C)NC(=O)[C@@H](NC(=O)[C@H](CC(N)=O)NC(=O)[C@H](CC(=O)O)NC(=O)[C@H](CC(N)=O)NC(=O)[C@@H](N)C(C)C)[C@@H](C)O)C(=O)N[C@@H](Cc1ccccc1)C(=O)N[C@@H](CC(N)=O)C(=O)N[C@@H](C)C(N)=O. The molecule has 28 N–H and O–H groups in total. The molecule has 0 spiro atoms. The smallest absolute Gasteiger partial charge is 0.305 e. The largest absolute Gasteiger partial charge is 0.481 e. The average Bonchev–Trinajstić information content (AvgIpc) is 1.72. The number of H-pyrrole nitrogens is 1. The van der Waals surface area contributed by atoms with Crippen LogP contribution in [0, 0.1) is 17.8 Å². The summed E-state index contributed by atoms with van der Waals surface area (Å²) in [6.45, 7) is 12.4. The Labute approximate surface area is 704 Å². The average molecular weight is 1710 g/mol. The lowest BCUT2D eigenvalue weighted by atomic mass is 9.96. The van der Waals surface area contributed by atoms with E-state index in [4.69, 9.17) is 34.4 Å². The van der Waals surface area contributed by atoms with Crippen LogP contribution in [-0.2, 0) is 106 Å². The molecule has 121 heavy (non-hydrogen) atoms. The topological polar surface area (TPSA) is 676 Å². The number of nitrogens with one attached hydrogen (secondary N) is 14. The van der Waals surface area contributed by atoms with E-state index in [0.29, 0.717) is 34.0 Å². The number of aliphatic hydroxyl groups is 1. The zero-order valence-electron chi connectivity index (χ0n) is 69.3. The molecule has 0 aliphatic rings. The summed E-state index contributed by atoms with van der Waals surface area (Å²) in [5.74, 6) is -20.9. The van der Waals surface area contributed by atoms with Crippen LogP contribution in [0.4, 0.5) is 0 Å². The third-order valence-electron chi connectivity index (χ3n) is 19.5. The van der Waals surface area contributed by atoms with Crippen molar-refractivity contribution in [3.63, 3.8) is 0 Å². The number of nitrogens with two attached hydrogens (primary N) is 6. The minimum Gasteiger partial charge on any atom is -0.481 e. The van der Waals surface area contributed by atoms with Gasteiger partial charge >= 0.3 is 5.97 Å². The maximum absolute atomic E-state index is 15.3. The van der Waals surface area contributed by atoms with Crippen LogP contribution in [0.2, 0.25) is 0 Å². The van der Waals surface area contributed by atoms with Crippen molar-refractivity contribution in [3.05, 3.63) is 108 Å². The predicted molar refractivity (Wildman–Crippen MR) is 445 cm³/mol. The van der Waals surface area contributed by atoms with Crippen molar-refractivity contribution in [1.29, 1.82) is 0 Å². The molecule has 0 aliphatic carbocycles. The first-order valence-corrected chi connectivity index (χ1v) is 41.0. The van der Waals surface area contributed by atoms with Gasteiger partial charge in [0.15, 0.2) is 0 Å². The van der Waals surface area contributed by atoms with Crippen LogP contribution in [0.3, 0.4) is 0 Å². The Kier molecular flexibility index (Phi) is 42.4. The van der Waals surface area contributed by atoms with E-state index in [9.17, 15) is 82.1 Å². The number of carbonyl (C=O) groups is 18. The van der Waals surface area contributed by atoms with Crippen LogP contribution in [0.5, 0.6) is 0 Å². The van der Waals surface area contributed by atoms with Crippen LogP contribution < -0.4 is 104 Å². The number of rotatable bonds is 54. The van der Waals surface area contributed by atoms with Crippen LogP contribution >= 0.6 is 11.8 Å². The number of aliphatic carboxylic acids is 1. The fraction of sp³-hybridized carbons (Fsp3) is 0.525. The van der Waals surface area contributed by atoms with Gasteiger partial charge in [0.05, 0.1) is 37.8 Å². The number of primary amides is 4. The number of amides is 17. The Morgan fingerprint density at radius 1 is 0.421 bits per heavy atom. The Morgan fingerprint density at radius 2 is 0.793 bits per heavy atom. The number of carboxylic acid groups (broad SMARTS) is 1. The van der Waals surface area contributed by atoms with Gasteiger partial charge in [-0.1, -0.05) is 127 Å². The van der Waals surface area contributed by atoms with Crippen LogP contribution in [0.15, 0.2) is 91.1 Å². The Morgan fingerprint density at radius 3 is 1.24 bits per heavy atom. The molecule has 3 aromatic carbocycles. The first kappa shape index (κ1) is 101. The van der Waals surface area contributed by atoms with E-state index >= 15 is 14.4 Å². The molecule has 0 fully saturated rings. The number of fused-ring (bicyclic) bond motifs is 1. The van der Waals surface area contributed by atoms with Gasteiger partial charge in [0, 0.05) is 36.4 Å². The molecule has 1 heterocycles. The van der Waals surface area contributed by atoms with Crippen molar-refractivity contribution in [2.75, 3.05) is 18.6 Å². The zero-order chi connectivity index (χ0) is 90.5. The maximum atomic E-state index is 15.3. The van der Waals surface area contributed by atoms with Gasteiger partial charge < -0.3 is 119 Å². The summed E-state index contributed by atoms with van der Waals surface area (Å²) in [5.41, 5.74) is 35.7. The second-order valence-electron chi connectivity index (χ2n) is 30.4. The molecule has 0 bridgehead atoms. The maximum Gasteiger partial charge on any atom is 0.305 e. The number of unbranched alkanes of at least 4 members (excludes halogenated alkanes) is 1. The minimum absolute atomic E-state index is 0.0425. The van der Waals surface area contributed by atoms with E-state index in [-0.39, 0.29) is 63.7 Å². The highest BCUT2D eigenvalue weighted by molar-refractivity contribution is 7.98. The minimum atomic E-state index is -2.10. The van der Waals surface area contributed by atoms with E-state index in [0.717, 1.165) is 6.92 Å². The number of para-hydroxylation sites is 1. The van der Waals surface area contributed by atoms with Gasteiger partial charge in [0.2, 0.25) is 100 Å². The number of carboxylic acids is 1. The number of aliphatic hydroxyl groups excluding tert-OH is 1. The fourth-order valence-electron chi connectivity index (χ4n) is 12.4. The third kappa shape index (κ3) is 34.6. The van der Waals surface area contributed by atoms with Crippen LogP contribution in [0.1, 0.15) is 136 Å². The molecule has 0 aliphatic heterocycles.